The molecule has 0 aromatic heterocycles. The van der Waals surface area contributed by atoms with Gasteiger partial charge in [-0.3, -0.25) is 9.52 Å². The predicted molar refractivity (Wildman–Crippen MR) is 109 cm³/mol. The van der Waals surface area contributed by atoms with Gasteiger partial charge < -0.3 is 10.1 Å². The van der Waals surface area contributed by atoms with Crippen LogP contribution in [0.2, 0.25) is 5.02 Å². The number of carbonyl (C=O) groups is 1. The van der Waals surface area contributed by atoms with Gasteiger partial charge >= 0.3 is 0 Å². The Hall–Kier alpha value is -2.25. The fourth-order valence-electron chi connectivity index (χ4n) is 3.11. The highest BCUT2D eigenvalue weighted by atomic mass is 35.5. The summed E-state index contributed by atoms with van der Waals surface area (Å²) in [5, 5.41) is 3.50. The number of nitrogens with one attached hydrogen (secondary N) is 2. The zero-order valence-electron chi connectivity index (χ0n) is 15.4. The fraction of sp³-hybridized carbons (Fsp3) is 0.350. The molecule has 0 saturated heterocycles. The normalized spacial score (nSPS) is 15.0. The molecule has 1 amide bonds. The molecule has 3 rings (SSSR count). The minimum Gasteiger partial charge on any atom is -0.484 e. The lowest BCUT2D eigenvalue weighted by atomic mass is 9.95. The van der Waals surface area contributed by atoms with Gasteiger partial charge in [0.1, 0.15) is 5.75 Å². The Morgan fingerprint density at radius 2 is 1.64 bits per heavy atom. The molecule has 0 aliphatic heterocycles. The number of halogens is 1. The van der Waals surface area contributed by atoms with Gasteiger partial charge in [-0.2, -0.15) is 0 Å². The zero-order chi connectivity index (χ0) is 20.0. The van der Waals surface area contributed by atoms with E-state index in [-0.39, 0.29) is 23.5 Å². The highest BCUT2D eigenvalue weighted by Crippen LogP contribution is 2.21. The molecular formula is C20H23ClN2O4S. The first kappa shape index (κ1) is 20.5. The second-order valence-electron chi connectivity index (χ2n) is 6.77. The molecule has 1 saturated carbocycles. The first-order chi connectivity index (χ1) is 13.4. The second-order valence-corrected chi connectivity index (χ2v) is 8.89. The number of carbonyl (C=O) groups excluding carboxylic acids is 1. The van der Waals surface area contributed by atoms with Crippen LogP contribution in [0.15, 0.2) is 53.4 Å². The number of hydrogen-bond donors (Lipinski definition) is 2. The van der Waals surface area contributed by atoms with Gasteiger partial charge in [0.2, 0.25) is 0 Å². The number of amides is 1. The van der Waals surface area contributed by atoms with E-state index in [1.165, 1.54) is 30.7 Å². The van der Waals surface area contributed by atoms with Crippen molar-refractivity contribution >= 4 is 33.2 Å². The van der Waals surface area contributed by atoms with Crippen LogP contribution in [0.3, 0.4) is 0 Å². The van der Waals surface area contributed by atoms with Crippen molar-refractivity contribution in [3.05, 3.63) is 53.6 Å². The maximum atomic E-state index is 12.4. The van der Waals surface area contributed by atoms with Crippen molar-refractivity contribution in [2.45, 2.75) is 43.0 Å². The maximum Gasteiger partial charge on any atom is 0.261 e. The summed E-state index contributed by atoms with van der Waals surface area (Å²) in [5.74, 6) is 0.275. The van der Waals surface area contributed by atoms with Gasteiger partial charge in [-0.1, -0.05) is 30.9 Å². The summed E-state index contributed by atoms with van der Waals surface area (Å²) < 4.78 is 32.8. The monoisotopic (exact) mass is 422 g/mol. The first-order valence-corrected chi connectivity index (χ1v) is 11.1. The SMILES string of the molecule is O=C(COc1ccc(S(=O)(=O)Nc2ccc(Cl)cc2)cc1)NC1CCCCC1. The molecule has 0 heterocycles. The highest BCUT2D eigenvalue weighted by Gasteiger charge is 2.17. The van der Waals surface area contributed by atoms with Crippen LogP contribution in [0.5, 0.6) is 5.75 Å². The number of hydrogen-bond acceptors (Lipinski definition) is 4. The second kappa shape index (κ2) is 9.30. The zero-order valence-corrected chi connectivity index (χ0v) is 16.9. The van der Waals surface area contributed by atoms with Gasteiger partial charge in [0.15, 0.2) is 6.61 Å². The third kappa shape index (κ3) is 5.87. The minimum atomic E-state index is -3.72. The Labute approximate surface area is 170 Å². The van der Waals surface area contributed by atoms with Crippen LogP contribution in [0.25, 0.3) is 0 Å². The lowest BCUT2D eigenvalue weighted by Crippen LogP contribution is -2.38. The molecule has 8 heteroatoms. The van der Waals surface area contributed by atoms with Gasteiger partial charge in [-0.15, -0.1) is 0 Å². The summed E-state index contributed by atoms with van der Waals surface area (Å²) in [6, 6.07) is 12.6. The molecule has 1 fully saturated rings. The fourth-order valence-corrected chi connectivity index (χ4v) is 4.30. The summed E-state index contributed by atoms with van der Waals surface area (Å²) in [7, 11) is -3.72. The van der Waals surface area contributed by atoms with Crippen molar-refractivity contribution in [1.29, 1.82) is 0 Å². The summed E-state index contributed by atoms with van der Waals surface area (Å²) in [4.78, 5) is 12.1. The van der Waals surface area contributed by atoms with Gasteiger partial charge in [0.05, 0.1) is 4.90 Å². The molecule has 0 bridgehead atoms. The van der Waals surface area contributed by atoms with E-state index >= 15 is 0 Å². The molecule has 0 unspecified atom stereocenters. The molecule has 0 atom stereocenters. The van der Waals surface area contributed by atoms with E-state index in [0.717, 1.165) is 25.7 Å². The van der Waals surface area contributed by atoms with Gasteiger partial charge in [0, 0.05) is 16.8 Å². The lowest BCUT2D eigenvalue weighted by Gasteiger charge is -2.22. The largest absolute Gasteiger partial charge is 0.484 e. The number of sulfonamides is 1. The van der Waals surface area contributed by atoms with E-state index in [1.807, 2.05) is 0 Å². The van der Waals surface area contributed by atoms with Crippen molar-refractivity contribution in [1.82, 2.24) is 5.32 Å². The van der Waals surface area contributed by atoms with Crippen molar-refractivity contribution in [2.75, 3.05) is 11.3 Å². The topological polar surface area (TPSA) is 84.5 Å². The third-order valence-electron chi connectivity index (χ3n) is 4.57. The summed E-state index contributed by atoms with van der Waals surface area (Å²) in [6.07, 6.45) is 5.54. The van der Waals surface area contributed by atoms with Crippen LogP contribution in [0.4, 0.5) is 5.69 Å². The minimum absolute atomic E-state index is 0.0916. The van der Waals surface area contributed by atoms with Crippen LogP contribution >= 0.6 is 11.6 Å². The number of ether oxygens (including phenoxy) is 1. The number of benzene rings is 2. The van der Waals surface area contributed by atoms with E-state index in [9.17, 15) is 13.2 Å². The molecular weight excluding hydrogens is 400 g/mol. The van der Waals surface area contributed by atoms with Crippen molar-refractivity contribution in [3.63, 3.8) is 0 Å². The van der Waals surface area contributed by atoms with Crippen LogP contribution in [0.1, 0.15) is 32.1 Å². The smallest absolute Gasteiger partial charge is 0.261 e. The molecule has 28 heavy (non-hydrogen) atoms. The van der Waals surface area contributed by atoms with Crippen molar-refractivity contribution < 1.29 is 17.9 Å². The Morgan fingerprint density at radius 3 is 2.29 bits per heavy atom. The molecule has 2 N–H and O–H groups in total. The van der Waals surface area contributed by atoms with E-state index < -0.39 is 10.0 Å². The van der Waals surface area contributed by atoms with Gasteiger partial charge in [-0.25, -0.2) is 8.42 Å². The average Bonchev–Trinajstić information content (AvgIpc) is 2.69. The molecule has 1 aliphatic carbocycles. The average molecular weight is 423 g/mol. The van der Waals surface area contributed by atoms with Gasteiger partial charge in [0.25, 0.3) is 15.9 Å². The lowest BCUT2D eigenvalue weighted by molar-refractivity contribution is -0.124. The van der Waals surface area contributed by atoms with Crippen LogP contribution in [-0.4, -0.2) is 27.0 Å². The van der Waals surface area contributed by atoms with Crippen LogP contribution in [-0.2, 0) is 14.8 Å². The Balaban J connectivity index is 1.53. The quantitative estimate of drug-likeness (QED) is 0.707. The maximum absolute atomic E-state index is 12.4. The molecule has 0 radical (unpaired) electrons. The third-order valence-corrected chi connectivity index (χ3v) is 6.22. The summed E-state index contributed by atoms with van der Waals surface area (Å²) >= 11 is 5.80. The standard InChI is InChI=1S/C20H23ClN2O4S/c21-15-6-8-17(9-7-15)23-28(25,26)19-12-10-18(11-13-19)27-14-20(24)22-16-4-2-1-3-5-16/h6-13,16,23H,1-5,14H2,(H,22,24). The summed E-state index contributed by atoms with van der Waals surface area (Å²) in [5.41, 5.74) is 0.420. The van der Waals surface area contributed by atoms with Gasteiger partial charge in [-0.05, 0) is 61.4 Å². The summed E-state index contributed by atoms with van der Waals surface area (Å²) in [6.45, 7) is -0.0916. The highest BCUT2D eigenvalue weighted by molar-refractivity contribution is 7.92. The van der Waals surface area contributed by atoms with Crippen molar-refractivity contribution in [3.8, 4) is 5.75 Å². The van der Waals surface area contributed by atoms with E-state index in [1.54, 1.807) is 24.3 Å². The molecule has 6 nitrogen and oxygen atoms in total. The Kier molecular flexibility index (Phi) is 6.80. The van der Waals surface area contributed by atoms with E-state index in [4.69, 9.17) is 16.3 Å². The number of anilines is 1. The molecule has 0 spiro atoms. The molecule has 2 aromatic rings. The van der Waals surface area contributed by atoms with Crippen molar-refractivity contribution in [2.24, 2.45) is 0 Å². The van der Waals surface area contributed by atoms with Crippen LogP contribution < -0.4 is 14.8 Å². The van der Waals surface area contributed by atoms with Crippen LogP contribution in [0, 0.1) is 0 Å². The molecule has 1 aliphatic rings. The number of rotatable bonds is 7. The van der Waals surface area contributed by atoms with E-state index in [0.29, 0.717) is 16.5 Å². The Bertz CT molecular complexity index is 893. The molecule has 150 valence electrons. The molecule has 2 aromatic carbocycles. The first-order valence-electron chi connectivity index (χ1n) is 9.23. The predicted octanol–water partition coefficient (Wildman–Crippen LogP) is 3.97. The van der Waals surface area contributed by atoms with E-state index in [2.05, 4.69) is 10.0 Å². The Morgan fingerprint density at radius 1 is 1.00 bits per heavy atom.